The maximum Gasteiger partial charge on any atom is -0.0348 e. The van der Waals surface area contributed by atoms with Crippen molar-refractivity contribution in [1.29, 1.82) is 0 Å². The molecule has 0 aliphatic heterocycles. The van der Waals surface area contributed by atoms with E-state index in [1.165, 1.54) is 38.5 Å². The van der Waals surface area contributed by atoms with Gasteiger partial charge in [-0.05, 0) is 38.5 Å². The Kier molecular flexibility index (Phi) is 14.0. The predicted octanol–water partition coefficient (Wildman–Crippen LogP) is 5.98. The van der Waals surface area contributed by atoms with Gasteiger partial charge in [-0.15, -0.1) is 0 Å². The summed E-state index contributed by atoms with van der Waals surface area (Å²) in [5.74, 6) is 0. The van der Waals surface area contributed by atoms with E-state index in [4.69, 9.17) is 0 Å². The van der Waals surface area contributed by atoms with Gasteiger partial charge in [-0.25, -0.2) is 0 Å². The van der Waals surface area contributed by atoms with Crippen molar-refractivity contribution in [2.24, 2.45) is 0 Å². The van der Waals surface area contributed by atoms with E-state index in [0.717, 1.165) is 6.42 Å². The SMILES string of the molecule is CC/C=C/C=C/C=C/CCCCC/C=C/CC. The van der Waals surface area contributed by atoms with E-state index >= 15 is 0 Å². The summed E-state index contributed by atoms with van der Waals surface area (Å²) in [5.41, 5.74) is 0. The molecule has 0 saturated heterocycles. The minimum absolute atomic E-state index is 1.11. The van der Waals surface area contributed by atoms with Gasteiger partial charge in [0.2, 0.25) is 0 Å². The lowest BCUT2D eigenvalue weighted by atomic mass is 10.1. The van der Waals surface area contributed by atoms with E-state index in [0.29, 0.717) is 0 Å². The maximum absolute atomic E-state index is 2.30. The molecule has 0 aliphatic carbocycles. The standard InChI is InChI=1S/C17H28/c1-3-5-7-9-11-13-15-17-16-14-12-10-8-6-4-2/h5-9,11,13,15H,3-4,10,12,14,16-17H2,1-2H3/b7-5+,8-6+,11-9+,15-13+. The fourth-order valence-corrected chi connectivity index (χ4v) is 1.50. The van der Waals surface area contributed by atoms with Crippen molar-refractivity contribution in [3.05, 3.63) is 48.6 Å². The normalized spacial score (nSPS) is 12.8. The highest BCUT2D eigenvalue weighted by atomic mass is 13.9. The lowest BCUT2D eigenvalue weighted by Crippen LogP contribution is -1.74. The Morgan fingerprint density at radius 3 is 1.76 bits per heavy atom. The average Bonchev–Trinajstić information content (AvgIpc) is 2.35. The van der Waals surface area contributed by atoms with Crippen LogP contribution < -0.4 is 0 Å². The van der Waals surface area contributed by atoms with Gasteiger partial charge in [0, 0.05) is 0 Å². The molecule has 0 spiro atoms. The third-order valence-electron chi connectivity index (χ3n) is 2.49. The Bertz CT molecular complexity index is 241. The second kappa shape index (κ2) is 15.0. The minimum atomic E-state index is 1.11. The maximum atomic E-state index is 2.30. The summed E-state index contributed by atoms with van der Waals surface area (Å²) in [6, 6.07) is 0. The molecule has 17 heavy (non-hydrogen) atoms. The molecule has 0 rings (SSSR count). The molecule has 0 atom stereocenters. The molecule has 0 N–H and O–H groups in total. The zero-order chi connectivity index (χ0) is 12.6. The molecule has 0 unspecified atom stereocenters. The molecule has 0 aliphatic rings. The van der Waals surface area contributed by atoms with E-state index in [1.807, 2.05) is 0 Å². The minimum Gasteiger partial charge on any atom is -0.0888 e. The van der Waals surface area contributed by atoms with Gasteiger partial charge in [-0.1, -0.05) is 68.9 Å². The number of hydrogen-bond donors (Lipinski definition) is 0. The number of allylic oxidation sites excluding steroid dienone is 8. The van der Waals surface area contributed by atoms with Crippen molar-refractivity contribution in [3.8, 4) is 0 Å². The van der Waals surface area contributed by atoms with Crippen LogP contribution in [0.5, 0.6) is 0 Å². The van der Waals surface area contributed by atoms with Crippen LogP contribution in [0.4, 0.5) is 0 Å². The molecular formula is C17H28. The molecule has 0 heterocycles. The van der Waals surface area contributed by atoms with Crippen LogP contribution in [0, 0.1) is 0 Å². The van der Waals surface area contributed by atoms with Crippen molar-refractivity contribution < 1.29 is 0 Å². The zero-order valence-electron chi connectivity index (χ0n) is 11.6. The highest BCUT2D eigenvalue weighted by Crippen LogP contribution is 2.04. The first-order valence-electron chi connectivity index (χ1n) is 7.05. The van der Waals surface area contributed by atoms with E-state index < -0.39 is 0 Å². The molecular weight excluding hydrogens is 204 g/mol. The molecule has 0 nitrogen and oxygen atoms in total. The summed E-state index contributed by atoms with van der Waals surface area (Å²) in [5, 5.41) is 0. The Morgan fingerprint density at radius 1 is 0.529 bits per heavy atom. The van der Waals surface area contributed by atoms with Crippen LogP contribution in [0.15, 0.2) is 48.6 Å². The van der Waals surface area contributed by atoms with Crippen LogP contribution in [0.3, 0.4) is 0 Å². The topological polar surface area (TPSA) is 0 Å². The van der Waals surface area contributed by atoms with Gasteiger partial charge in [0.1, 0.15) is 0 Å². The quantitative estimate of drug-likeness (QED) is 0.247. The van der Waals surface area contributed by atoms with Crippen molar-refractivity contribution in [1.82, 2.24) is 0 Å². The second-order valence-electron chi connectivity index (χ2n) is 4.17. The van der Waals surface area contributed by atoms with E-state index in [-0.39, 0.29) is 0 Å². The first kappa shape index (κ1) is 16.0. The Hall–Kier alpha value is -1.04. The zero-order valence-corrected chi connectivity index (χ0v) is 11.6. The molecule has 0 aromatic heterocycles. The van der Waals surface area contributed by atoms with E-state index in [9.17, 15) is 0 Å². The van der Waals surface area contributed by atoms with Crippen molar-refractivity contribution in [3.63, 3.8) is 0 Å². The van der Waals surface area contributed by atoms with Crippen LogP contribution in [0.2, 0.25) is 0 Å². The van der Waals surface area contributed by atoms with Crippen molar-refractivity contribution in [2.75, 3.05) is 0 Å². The van der Waals surface area contributed by atoms with Gasteiger partial charge in [0.05, 0.1) is 0 Å². The van der Waals surface area contributed by atoms with Crippen LogP contribution >= 0.6 is 0 Å². The largest absolute Gasteiger partial charge is 0.0888 e. The van der Waals surface area contributed by atoms with Gasteiger partial charge in [0.15, 0.2) is 0 Å². The summed E-state index contributed by atoms with van der Waals surface area (Å²) in [4.78, 5) is 0. The second-order valence-corrected chi connectivity index (χ2v) is 4.17. The molecule has 0 saturated carbocycles. The number of hydrogen-bond acceptors (Lipinski definition) is 0. The fourth-order valence-electron chi connectivity index (χ4n) is 1.50. The van der Waals surface area contributed by atoms with E-state index in [2.05, 4.69) is 62.5 Å². The summed E-state index contributed by atoms with van der Waals surface area (Å²) in [6.07, 6.45) is 26.2. The molecule has 0 fully saturated rings. The average molecular weight is 232 g/mol. The predicted molar refractivity (Wildman–Crippen MR) is 80.2 cm³/mol. The molecule has 0 aromatic carbocycles. The van der Waals surface area contributed by atoms with Crippen LogP contribution in [0.25, 0.3) is 0 Å². The Labute approximate surface area is 108 Å². The summed E-state index contributed by atoms with van der Waals surface area (Å²) >= 11 is 0. The van der Waals surface area contributed by atoms with E-state index in [1.54, 1.807) is 0 Å². The lowest BCUT2D eigenvalue weighted by Gasteiger charge is -1.94. The number of unbranched alkanes of at least 4 members (excludes halogenated alkanes) is 4. The van der Waals surface area contributed by atoms with Crippen molar-refractivity contribution >= 4 is 0 Å². The van der Waals surface area contributed by atoms with Gasteiger partial charge in [-0.3, -0.25) is 0 Å². The van der Waals surface area contributed by atoms with Gasteiger partial charge in [0.25, 0.3) is 0 Å². The van der Waals surface area contributed by atoms with Gasteiger partial charge < -0.3 is 0 Å². The van der Waals surface area contributed by atoms with Crippen molar-refractivity contribution in [2.45, 2.75) is 58.8 Å². The summed E-state index contributed by atoms with van der Waals surface area (Å²) in [7, 11) is 0. The van der Waals surface area contributed by atoms with Gasteiger partial charge in [-0.2, -0.15) is 0 Å². The fraction of sp³-hybridized carbons (Fsp3) is 0.529. The van der Waals surface area contributed by atoms with Gasteiger partial charge >= 0.3 is 0 Å². The smallest absolute Gasteiger partial charge is 0.0348 e. The monoisotopic (exact) mass is 232 g/mol. The van der Waals surface area contributed by atoms with Crippen LogP contribution in [-0.2, 0) is 0 Å². The molecule has 0 radical (unpaired) electrons. The lowest BCUT2D eigenvalue weighted by molar-refractivity contribution is 0.695. The highest BCUT2D eigenvalue weighted by molar-refractivity contribution is 5.10. The number of rotatable bonds is 10. The Balaban J connectivity index is 3.27. The Morgan fingerprint density at radius 2 is 1.12 bits per heavy atom. The molecule has 0 bridgehead atoms. The van der Waals surface area contributed by atoms with Crippen LogP contribution in [-0.4, -0.2) is 0 Å². The van der Waals surface area contributed by atoms with Crippen LogP contribution in [0.1, 0.15) is 58.8 Å². The third-order valence-corrected chi connectivity index (χ3v) is 2.49. The molecule has 96 valence electrons. The molecule has 0 amide bonds. The molecule has 0 aromatic rings. The third kappa shape index (κ3) is 15.0. The summed E-state index contributed by atoms with van der Waals surface area (Å²) < 4.78 is 0. The highest BCUT2D eigenvalue weighted by Gasteiger charge is 1.84. The first-order valence-corrected chi connectivity index (χ1v) is 7.05. The molecule has 0 heteroatoms. The summed E-state index contributed by atoms with van der Waals surface area (Å²) in [6.45, 7) is 4.33. The first-order chi connectivity index (χ1) is 8.41.